The van der Waals surface area contributed by atoms with E-state index in [9.17, 15) is 18.0 Å². The average Bonchev–Trinajstić information content (AvgIpc) is 3.17. The standard InChI is InChI=1S/C21H31F3N4O/c1-21(2,3)14-6-9-28(13-14)15-7-10-27(11-8-15)17-5-4-16(26-19(17)24)20(29)25-12-18(22)23/h4-5,14-15,18H,6-13H2,1-3H3,(H,25,29). The molecular weight excluding hydrogens is 381 g/mol. The zero-order chi connectivity index (χ0) is 21.2. The number of carbonyl (C=O) groups excluding carboxylic acids is 1. The largest absolute Gasteiger partial charge is 0.368 e. The number of pyridine rings is 1. The highest BCUT2D eigenvalue weighted by Crippen LogP contribution is 2.36. The Bertz CT molecular complexity index is 714. The quantitative estimate of drug-likeness (QED) is 0.752. The first-order chi connectivity index (χ1) is 13.6. The van der Waals surface area contributed by atoms with Gasteiger partial charge >= 0.3 is 0 Å². The van der Waals surface area contributed by atoms with Crippen LogP contribution in [0.25, 0.3) is 0 Å². The zero-order valence-electron chi connectivity index (χ0n) is 17.4. The van der Waals surface area contributed by atoms with Gasteiger partial charge in [0.15, 0.2) is 0 Å². The number of anilines is 1. The molecule has 29 heavy (non-hydrogen) atoms. The van der Waals surface area contributed by atoms with Gasteiger partial charge in [-0.2, -0.15) is 4.39 Å². The molecule has 0 bridgehead atoms. The van der Waals surface area contributed by atoms with E-state index in [1.807, 2.05) is 10.2 Å². The number of hydrogen-bond donors (Lipinski definition) is 1. The number of hydrogen-bond acceptors (Lipinski definition) is 4. The van der Waals surface area contributed by atoms with Crippen LogP contribution in [0.3, 0.4) is 0 Å². The zero-order valence-corrected chi connectivity index (χ0v) is 17.4. The molecule has 2 aliphatic heterocycles. The van der Waals surface area contributed by atoms with Crippen LogP contribution in [0.2, 0.25) is 0 Å². The fourth-order valence-electron chi connectivity index (χ4n) is 4.35. The Balaban J connectivity index is 1.55. The number of carbonyl (C=O) groups is 1. The summed E-state index contributed by atoms with van der Waals surface area (Å²) in [4.78, 5) is 20.0. The number of nitrogens with one attached hydrogen (secondary N) is 1. The average molecular weight is 413 g/mol. The first kappa shape index (κ1) is 21.9. The van der Waals surface area contributed by atoms with E-state index in [0.29, 0.717) is 23.1 Å². The molecule has 2 saturated heterocycles. The fraction of sp³-hybridized carbons (Fsp3) is 0.714. The van der Waals surface area contributed by atoms with Gasteiger partial charge in [-0.1, -0.05) is 20.8 Å². The number of nitrogens with zero attached hydrogens (tertiary/aromatic N) is 3. The van der Waals surface area contributed by atoms with Gasteiger partial charge in [0.1, 0.15) is 5.69 Å². The first-order valence-corrected chi connectivity index (χ1v) is 10.4. The van der Waals surface area contributed by atoms with Crippen molar-refractivity contribution in [3.8, 4) is 0 Å². The summed E-state index contributed by atoms with van der Waals surface area (Å²) in [7, 11) is 0. The summed E-state index contributed by atoms with van der Waals surface area (Å²) in [6.07, 6.45) is 0.510. The molecule has 3 rings (SSSR count). The summed E-state index contributed by atoms with van der Waals surface area (Å²) in [6.45, 7) is 9.86. The van der Waals surface area contributed by atoms with Crippen LogP contribution in [0.4, 0.5) is 18.9 Å². The minimum Gasteiger partial charge on any atom is -0.368 e. The summed E-state index contributed by atoms with van der Waals surface area (Å²) in [6, 6.07) is 3.43. The minimum atomic E-state index is -2.65. The molecule has 0 aliphatic carbocycles. The molecule has 3 heterocycles. The van der Waals surface area contributed by atoms with Crippen LogP contribution in [0.1, 0.15) is 50.5 Å². The molecule has 1 atom stereocenters. The summed E-state index contributed by atoms with van der Waals surface area (Å²) in [5.74, 6) is -0.815. The Labute approximate surface area is 170 Å². The molecule has 5 nitrogen and oxygen atoms in total. The highest BCUT2D eigenvalue weighted by molar-refractivity contribution is 5.92. The molecule has 0 spiro atoms. The van der Waals surface area contributed by atoms with E-state index < -0.39 is 24.8 Å². The second-order valence-electron chi connectivity index (χ2n) is 9.17. The summed E-state index contributed by atoms with van der Waals surface area (Å²) < 4.78 is 38.9. The second kappa shape index (κ2) is 8.90. The maximum Gasteiger partial charge on any atom is 0.270 e. The van der Waals surface area contributed by atoms with Crippen molar-refractivity contribution in [3.05, 3.63) is 23.8 Å². The van der Waals surface area contributed by atoms with Crippen molar-refractivity contribution in [3.63, 3.8) is 0 Å². The predicted octanol–water partition coefficient (Wildman–Crippen LogP) is 3.55. The van der Waals surface area contributed by atoms with Gasteiger partial charge in [-0.25, -0.2) is 13.8 Å². The third-order valence-corrected chi connectivity index (χ3v) is 6.24. The van der Waals surface area contributed by atoms with Crippen LogP contribution < -0.4 is 10.2 Å². The van der Waals surface area contributed by atoms with Crippen molar-refractivity contribution in [1.29, 1.82) is 0 Å². The molecule has 0 saturated carbocycles. The molecule has 1 aromatic rings. The van der Waals surface area contributed by atoms with Gasteiger partial charge in [0.25, 0.3) is 12.3 Å². The monoisotopic (exact) mass is 412 g/mol. The number of alkyl halides is 2. The smallest absolute Gasteiger partial charge is 0.270 e. The topological polar surface area (TPSA) is 48.5 Å². The molecule has 2 aliphatic rings. The highest BCUT2D eigenvalue weighted by Gasteiger charge is 2.36. The number of rotatable bonds is 5. The van der Waals surface area contributed by atoms with Gasteiger partial charge in [0.2, 0.25) is 5.95 Å². The van der Waals surface area contributed by atoms with Crippen molar-refractivity contribution in [2.45, 2.75) is 52.5 Å². The van der Waals surface area contributed by atoms with E-state index in [1.165, 1.54) is 18.6 Å². The van der Waals surface area contributed by atoms with Crippen LogP contribution in [-0.4, -0.2) is 61.0 Å². The minimum absolute atomic E-state index is 0.188. The van der Waals surface area contributed by atoms with Gasteiger partial charge < -0.3 is 10.2 Å². The van der Waals surface area contributed by atoms with E-state index in [4.69, 9.17) is 0 Å². The highest BCUT2D eigenvalue weighted by atomic mass is 19.3. The summed E-state index contributed by atoms with van der Waals surface area (Å²) in [5.41, 5.74) is 0.503. The van der Waals surface area contributed by atoms with Crippen LogP contribution in [0, 0.1) is 17.3 Å². The molecule has 1 N–H and O–H groups in total. The van der Waals surface area contributed by atoms with Crippen LogP contribution >= 0.6 is 0 Å². The van der Waals surface area contributed by atoms with E-state index >= 15 is 0 Å². The van der Waals surface area contributed by atoms with Crippen LogP contribution in [0.5, 0.6) is 0 Å². The van der Waals surface area contributed by atoms with Crippen molar-refractivity contribution in [1.82, 2.24) is 15.2 Å². The van der Waals surface area contributed by atoms with Gasteiger partial charge in [-0.05, 0) is 49.3 Å². The van der Waals surface area contributed by atoms with E-state index in [1.54, 1.807) is 0 Å². The lowest BCUT2D eigenvalue weighted by molar-refractivity contribution is 0.0886. The maximum absolute atomic E-state index is 14.5. The predicted molar refractivity (Wildman–Crippen MR) is 107 cm³/mol. The number of aromatic nitrogens is 1. The molecule has 0 aromatic carbocycles. The molecular formula is C21H31F3N4O. The van der Waals surface area contributed by atoms with E-state index in [-0.39, 0.29) is 5.69 Å². The van der Waals surface area contributed by atoms with Crippen LogP contribution in [0.15, 0.2) is 12.1 Å². The lowest BCUT2D eigenvalue weighted by Gasteiger charge is -2.38. The Morgan fingerprint density at radius 2 is 1.90 bits per heavy atom. The molecule has 1 aromatic heterocycles. The lowest BCUT2D eigenvalue weighted by atomic mass is 9.80. The Hall–Kier alpha value is -1.83. The van der Waals surface area contributed by atoms with Crippen molar-refractivity contribution in [2.24, 2.45) is 11.3 Å². The third-order valence-electron chi connectivity index (χ3n) is 6.24. The number of likely N-dealkylation sites (tertiary alicyclic amines) is 1. The molecule has 1 unspecified atom stereocenters. The Morgan fingerprint density at radius 1 is 1.21 bits per heavy atom. The van der Waals surface area contributed by atoms with Gasteiger partial charge in [-0.3, -0.25) is 9.69 Å². The SMILES string of the molecule is CC(C)(C)C1CCN(C2CCN(c3ccc(C(=O)NCC(F)F)nc3F)CC2)C1. The molecule has 0 radical (unpaired) electrons. The molecule has 1 amide bonds. The molecule has 2 fully saturated rings. The molecule has 8 heteroatoms. The second-order valence-corrected chi connectivity index (χ2v) is 9.17. The lowest BCUT2D eigenvalue weighted by Crippen LogP contribution is -2.44. The maximum atomic E-state index is 14.5. The first-order valence-electron chi connectivity index (χ1n) is 10.4. The Morgan fingerprint density at radius 3 is 2.45 bits per heavy atom. The van der Waals surface area contributed by atoms with Gasteiger partial charge in [-0.15, -0.1) is 0 Å². The number of piperidine rings is 1. The Kier molecular flexibility index (Phi) is 6.71. The van der Waals surface area contributed by atoms with Crippen LogP contribution in [-0.2, 0) is 0 Å². The van der Waals surface area contributed by atoms with Crippen molar-refractivity contribution >= 4 is 11.6 Å². The number of halogens is 3. The van der Waals surface area contributed by atoms with Gasteiger partial charge in [0.05, 0.1) is 12.2 Å². The summed E-state index contributed by atoms with van der Waals surface area (Å²) in [5, 5.41) is 2.04. The summed E-state index contributed by atoms with van der Waals surface area (Å²) >= 11 is 0. The van der Waals surface area contributed by atoms with Crippen molar-refractivity contribution in [2.75, 3.05) is 37.6 Å². The third kappa shape index (κ3) is 5.41. The molecule has 162 valence electrons. The van der Waals surface area contributed by atoms with Gasteiger partial charge in [0, 0.05) is 25.7 Å². The fourth-order valence-corrected chi connectivity index (χ4v) is 4.35. The normalized spacial score (nSPS) is 21.8. The van der Waals surface area contributed by atoms with Crippen molar-refractivity contribution < 1.29 is 18.0 Å². The van der Waals surface area contributed by atoms with E-state index in [0.717, 1.165) is 39.0 Å². The number of amides is 1. The van der Waals surface area contributed by atoms with E-state index in [2.05, 4.69) is 30.7 Å².